The van der Waals surface area contributed by atoms with Crippen molar-refractivity contribution in [3.05, 3.63) is 60.7 Å². The summed E-state index contributed by atoms with van der Waals surface area (Å²) in [6, 6.07) is 20.7. The summed E-state index contributed by atoms with van der Waals surface area (Å²) >= 11 is 0. The molecule has 0 aromatic heterocycles. The SMILES string of the molecule is CC(C)(CC1CCCC2OC12)[Si](O)(c1ccccc1)c1ccccc1. The Kier molecular flexibility index (Phi) is 4.34. The fourth-order valence-electron chi connectivity index (χ4n) is 4.88. The smallest absolute Gasteiger partial charge is 0.258 e. The number of hydrogen-bond acceptors (Lipinski definition) is 2. The Bertz CT molecular complexity index is 674. The second-order valence-corrected chi connectivity index (χ2v) is 12.3. The van der Waals surface area contributed by atoms with E-state index in [-0.39, 0.29) is 5.04 Å². The van der Waals surface area contributed by atoms with Gasteiger partial charge >= 0.3 is 0 Å². The first-order valence-corrected chi connectivity index (χ1v) is 11.5. The molecule has 3 atom stereocenters. The minimum absolute atomic E-state index is 0.159. The van der Waals surface area contributed by atoms with Gasteiger partial charge in [0.15, 0.2) is 0 Å². The maximum atomic E-state index is 12.2. The Morgan fingerprint density at radius 2 is 1.52 bits per heavy atom. The van der Waals surface area contributed by atoms with Crippen LogP contribution in [0.2, 0.25) is 5.04 Å². The highest BCUT2D eigenvalue weighted by atomic mass is 28.4. The van der Waals surface area contributed by atoms with Crippen molar-refractivity contribution in [2.75, 3.05) is 0 Å². The van der Waals surface area contributed by atoms with Gasteiger partial charge in [0.2, 0.25) is 0 Å². The molecule has 3 unspecified atom stereocenters. The number of fused-ring (bicyclic) bond motifs is 1. The second-order valence-electron chi connectivity index (χ2n) is 8.36. The lowest BCUT2D eigenvalue weighted by atomic mass is 9.83. The summed E-state index contributed by atoms with van der Waals surface area (Å²) in [6.45, 7) is 4.54. The molecule has 2 nitrogen and oxygen atoms in total. The molecule has 1 aliphatic carbocycles. The molecule has 25 heavy (non-hydrogen) atoms. The van der Waals surface area contributed by atoms with E-state index in [9.17, 15) is 4.80 Å². The predicted octanol–water partition coefficient (Wildman–Crippen LogP) is 3.48. The number of rotatable bonds is 5. The van der Waals surface area contributed by atoms with Gasteiger partial charge in [0.05, 0.1) is 12.2 Å². The lowest BCUT2D eigenvalue weighted by Gasteiger charge is -2.43. The maximum absolute atomic E-state index is 12.2. The Labute approximate surface area is 152 Å². The molecule has 1 N–H and O–H groups in total. The third-order valence-electron chi connectivity index (χ3n) is 6.28. The first-order chi connectivity index (χ1) is 12.0. The predicted molar refractivity (Wildman–Crippen MR) is 105 cm³/mol. The maximum Gasteiger partial charge on any atom is 0.258 e. The fraction of sp³-hybridized carbons (Fsp3) is 0.455. The highest BCUT2D eigenvalue weighted by Crippen LogP contribution is 2.50. The van der Waals surface area contributed by atoms with E-state index in [4.69, 9.17) is 4.74 Å². The summed E-state index contributed by atoms with van der Waals surface area (Å²) in [4.78, 5) is 12.2. The van der Waals surface area contributed by atoms with E-state index in [0.29, 0.717) is 18.1 Å². The normalized spacial score (nSPS) is 26.1. The summed E-state index contributed by atoms with van der Waals surface area (Å²) < 4.78 is 5.89. The van der Waals surface area contributed by atoms with Gasteiger partial charge in [-0.2, -0.15) is 0 Å². The van der Waals surface area contributed by atoms with Crippen molar-refractivity contribution in [1.29, 1.82) is 0 Å². The highest BCUT2D eigenvalue weighted by Gasteiger charge is 2.54. The number of ether oxygens (including phenoxy) is 1. The van der Waals surface area contributed by atoms with E-state index in [1.54, 1.807) is 0 Å². The van der Waals surface area contributed by atoms with Gasteiger partial charge in [-0.1, -0.05) is 80.9 Å². The zero-order chi connectivity index (χ0) is 17.5. The lowest BCUT2D eigenvalue weighted by molar-refractivity contribution is 0.279. The monoisotopic (exact) mass is 352 g/mol. The molecule has 2 fully saturated rings. The molecular formula is C22H28O2Si. The number of hydrogen-bond donors (Lipinski definition) is 1. The van der Waals surface area contributed by atoms with Crippen LogP contribution in [0.1, 0.15) is 39.5 Å². The summed E-state index contributed by atoms with van der Waals surface area (Å²) in [5, 5.41) is 2.05. The molecular weight excluding hydrogens is 324 g/mol. The van der Waals surface area contributed by atoms with E-state index in [1.165, 1.54) is 19.3 Å². The van der Waals surface area contributed by atoms with E-state index < -0.39 is 8.32 Å². The minimum Gasteiger partial charge on any atom is -0.424 e. The van der Waals surface area contributed by atoms with Crippen LogP contribution in [0.4, 0.5) is 0 Å². The zero-order valence-corrected chi connectivity index (χ0v) is 16.2. The van der Waals surface area contributed by atoms with Gasteiger partial charge in [-0.05, 0) is 40.6 Å². The van der Waals surface area contributed by atoms with Gasteiger partial charge in [0.1, 0.15) is 0 Å². The quantitative estimate of drug-likeness (QED) is 0.660. The van der Waals surface area contributed by atoms with Crippen LogP contribution in [0.25, 0.3) is 0 Å². The van der Waals surface area contributed by atoms with Crippen LogP contribution in [-0.4, -0.2) is 25.3 Å². The molecule has 0 radical (unpaired) electrons. The Balaban J connectivity index is 1.72. The minimum atomic E-state index is -2.88. The van der Waals surface area contributed by atoms with Gasteiger partial charge in [-0.15, -0.1) is 0 Å². The average Bonchev–Trinajstić information content (AvgIpc) is 3.43. The molecule has 0 spiro atoms. The van der Waals surface area contributed by atoms with E-state index in [1.807, 2.05) is 36.4 Å². The Hall–Kier alpha value is -1.42. The third-order valence-corrected chi connectivity index (χ3v) is 10.8. The van der Waals surface area contributed by atoms with Crippen LogP contribution in [-0.2, 0) is 4.74 Å². The van der Waals surface area contributed by atoms with E-state index in [2.05, 4.69) is 38.1 Å². The fourth-order valence-corrected chi connectivity index (χ4v) is 8.68. The molecule has 4 rings (SSSR count). The molecule has 0 amide bonds. The first kappa shape index (κ1) is 17.0. The van der Waals surface area contributed by atoms with Gasteiger partial charge < -0.3 is 9.53 Å². The van der Waals surface area contributed by atoms with Crippen LogP contribution in [0, 0.1) is 5.92 Å². The third kappa shape index (κ3) is 2.99. The van der Waals surface area contributed by atoms with Crippen LogP contribution in [0.15, 0.2) is 60.7 Å². The zero-order valence-electron chi connectivity index (χ0n) is 15.2. The van der Waals surface area contributed by atoms with Crippen molar-refractivity contribution in [2.45, 2.75) is 56.8 Å². The standard InChI is InChI=1S/C22H28O2Si/c1-22(2,16-17-10-9-15-20-21(17)24-20)25(23,18-11-5-3-6-12-18)19-13-7-4-8-14-19/h3-8,11-14,17,20-21,23H,9-10,15-16H2,1-2H3. The van der Waals surface area contributed by atoms with Gasteiger partial charge in [-0.3, -0.25) is 0 Å². The van der Waals surface area contributed by atoms with E-state index >= 15 is 0 Å². The molecule has 132 valence electrons. The van der Waals surface area contributed by atoms with Crippen molar-refractivity contribution in [1.82, 2.24) is 0 Å². The largest absolute Gasteiger partial charge is 0.424 e. The van der Waals surface area contributed by atoms with Crippen molar-refractivity contribution in [3.8, 4) is 0 Å². The summed E-state index contributed by atoms with van der Waals surface area (Å²) in [6.07, 6.45) is 5.69. The van der Waals surface area contributed by atoms with Crippen molar-refractivity contribution < 1.29 is 9.53 Å². The van der Waals surface area contributed by atoms with Crippen LogP contribution in [0.3, 0.4) is 0 Å². The number of epoxide rings is 1. The molecule has 2 aromatic carbocycles. The molecule has 3 heteroatoms. The van der Waals surface area contributed by atoms with Crippen molar-refractivity contribution >= 4 is 18.7 Å². The molecule has 1 aliphatic heterocycles. The summed E-state index contributed by atoms with van der Waals surface area (Å²) in [5.41, 5.74) is 0. The highest BCUT2D eigenvalue weighted by molar-refractivity contribution is 6.98. The Morgan fingerprint density at radius 1 is 0.960 bits per heavy atom. The topological polar surface area (TPSA) is 32.8 Å². The molecule has 0 bridgehead atoms. The summed E-state index contributed by atoms with van der Waals surface area (Å²) in [7, 11) is -2.88. The molecule has 2 aliphatic rings. The van der Waals surface area contributed by atoms with Crippen LogP contribution in [0.5, 0.6) is 0 Å². The van der Waals surface area contributed by atoms with Crippen LogP contribution < -0.4 is 10.4 Å². The lowest BCUT2D eigenvalue weighted by Crippen LogP contribution is -2.65. The number of benzene rings is 2. The van der Waals surface area contributed by atoms with Crippen molar-refractivity contribution in [3.63, 3.8) is 0 Å². The van der Waals surface area contributed by atoms with Crippen LogP contribution >= 0.6 is 0 Å². The molecule has 1 saturated heterocycles. The van der Waals surface area contributed by atoms with E-state index in [0.717, 1.165) is 16.8 Å². The second kappa shape index (κ2) is 6.38. The van der Waals surface area contributed by atoms with Gasteiger partial charge in [0, 0.05) is 0 Å². The average molecular weight is 353 g/mol. The van der Waals surface area contributed by atoms with Crippen molar-refractivity contribution in [2.24, 2.45) is 5.92 Å². The molecule has 1 heterocycles. The van der Waals surface area contributed by atoms with Gasteiger partial charge in [-0.25, -0.2) is 0 Å². The first-order valence-electron chi connectivity index (χ1n) is 9.51. The molecule has 1 saturated carbocycles. The Morgan fingerprint density at radius 3 is 2.08 bits per heavy atom. The van der Waals surface area contributed by atoms with Gasteiger partial charge in [0.25, 0.3) is 8.32 Å². The molecule has 2 aromatic rings. The summed E-state index contributed by atoms with van der Waals surface area (Å²) in [5.74, 6) is 0.584.